The van der Waals surface area contributed by atoms with Crippen LogP contribution in [0.4, 0.5) is 0 Å². The minimum absolute atomic E-state index is 0.760. The van der Waals surface area contributed by atoms with Crippen molar-refractivity contribution in [1.82, 2.24) is 15.1 Å². The first-order valence-electron chi connectivity index (χ1n) is 7.54. The summed E-state index contributed by atoms with van der Waals surface area (Å²) >= 11 is 2.10. The van der Waals surface area contributed by atoms with E-state index in [1.165, 1.54) is 12.2 Å². The summed E-state index contributed by atoms with van der Waals surface area (Å²) in [6.45, 7) is 12.8. The molecule has 0 spiro atoms. The molecule has 1 rings (SSSR count). The minimum Gasteiger partial charge on any atom is -0.357 e. The first kappa shape index (κ1) is 16.6. The Morgan fingerprint density at radius 3 is 2.84 bits per heavy atom. The molecule has 112 valence electrons. The summed E-state index contributed by atoms with van der Waals surface area (Å²) in [5.41, 5.74) is 0. The first-order valence-corrected chi connectivity index (χ1v) is 8.59. The van der Waals surface area contributed by atoms with E-state index in [1.807, 2.05) is 0 Å². The number of thioether (sulfide) groups is 1. The molecule has 0 aromatic rings. The van der Waals surface area contributed by atoms with Gasteiger partial charge in [-0.1, -0.05) is 13.8 Å². The Kier molecular flexibility index (Phi) is 8.30. The smallest absolute Gasteiger partial charge is 0.194 e. The van der Waals surface area contributed by atoms with Crippen LogP contribution < -0.4 is 5.32 Å². The van der Waals surface area contributed by atoms with Gasteiger partial charge in [-0.3, -0.25) is 4.99 Å². The number of hydrogen-bond donors (Lipinski definition) is 1. The molecule has 1 atom stereocenters. The normalized spacial score (nSPS) is 21.0. The number of guanidine groups is 1. The molecule has 1 heterocycles. The van der Waals surface area contributed by atoms with Crippen LogP contribution in [0.2, 0.25) is 0 Å². The maximum Gasteiger partial charge on any atom is 0.194 e. The van der Waals surface area contributed by atoms with Gasteiger partial charge in [-0.15, -0.1) is 0 Å². The summed E-state index contributed by atoms with van der Waals surface area (Å²) in [5.74, 6) is 2.32. The summed E-state index contributed by atoms with van der Waals surface area (Å²) in [4.78, 5) is 9.50. The Morgan fingerprint density at radius 1 is 1.42 bits per heavy atom. The second-order valence-electron chi connectivity index (χ2n) is 4.98. The summed E-state index contributed by atoms with van der Waals surface area (Å²) in [7, 11) is 2.15. The van der Waals surface area contributed by atoms with Crippen molar-refractivity contribution in [2.24, 2.45) is 4.99 Å². The zero-order valence-electron chi connectivity index (χ0n) is 13.0. The fraction of sp³-hybridized carbons (Fsp3) is 0.929. The number of nitrogens with one attached hydrogen (secondary N) is 1. The molecule has 0 amide bonds. The van der Waals surface area contributed by atoms with Crippen molar-refractivity contribution in [1.29, 1.82) is 0 Å². The second-order valence-corrected chi connectivity index (χ2v) is 6.39. The Hall–Kier alpha value is -0.420. The molecule has 1 unspecified atom stereocenters. The largest absolute Gasteiger partial charge is 0.357 e. The average Bonchev–Trinajstić information content (AvgIpc) is 2.46. The molecule has 1 aliphatic rings. The van der Waals surface area contributed by atoms with Gasteiger partial charge in [0.15, 0.2) is 5.96 Å². The van der Waals surface area contributed by atoms with Gasteiger partial charge in [0.05, 0.1) is 6.54 Å². The van der Waals surface area contributed by atoms with Gasteiger partial charge in [0, 0.05) is 37.2 Å². The van der Waals surface area contributed by atoms with E-state index in [0.717, 1.165) is 50.5 Å². The van der Waals surface area contributed by atoms with Crippen LogP contribution in [0, 0.1) is 0 Å². The standard InChI is InChI=1S/C14H30N4S/c1-5-13-12-18(10-11-19-13)14(15-6-2)16-8-9-17(4)7-3/h13H,5-12H2,1-4H3,(H,15,16). The fourth-order valence-corrected chi connectivity index (χ4v) is 3.25. The molecule has 0 saturated carbocycles. The monoisotopic (exact) mass is 286 g/mol. The predicted molar refractivity (Wildman–Crippen MR) is 87.3 cm³/mol. The number of aliphatic imine (C=N–C) groups is 1. The quantitative estimate of drug-likeness (QED) is 0.595. The Morgan fingerprint density at radius 2 is 2.21 bits per heavy atom. The van der Waals surface area contributed by atoms with Crippen LogP contribution in [-0.4, -0.2) is 73.1 Å². The van der Waals surface area contributed by atoms with Gasteiger partial charge >= 0.3 is 0 Å². The highest BCUT2D eigenvalue weighted by atomic mass is 32.2. The summed E-state index contributed by atoms with van der Waals surface area (Å²) in [6, 6.07) is 0. The minimum atomic E-state index is 0.760. The summed E-state index contributed by atoms with van der Waals surface area (Å²) in [5, 5.41) is 4.20. The van der Waals surface area contributed by atoms with Crippen LogP contribution in [-0.2, 0) is 0 Å². The van der Waals surface area contributed by atoms with Gasteiger partial charge in [-0.2, -0.15) is 11.8 Å². The molecule has 5 heteroatoms. The van der Waals surface area contributed by atoms with Crippen molar-refractivity contribution in [3.63, 3.8) is 0 Å². The lowest BCUT2D eigenvalue weighted by Crippen LogP contribution is -2.48. The van der Waals surface area contributed by atoms with Gasteiger partial charge < -0.3 is 15.1 Å². The topological polar surface area (TPSA) is 30.9 Å². The van der Waals surface area contributed by atoms with Gasteiger partial charge in [-0.05, 0) is 26.9 Å². The van der Waals surface area contributed by atoms with Crippen molar-refractivity contribution in [3.8, 4) is 0 Å². The number of hydrogen-bond acceptors (Lipinski definition) is 3. The Bertz CT molecular complexity index is 270. The number of nitrogens with zero attached hydrogens (tertiary/aromatic N) is 3. The lowest BCUT2D eigenvalue weighted by atomic mass is 10.3. The van der Waals surface area contributed by atoms with Crippen molar-refractivity contribution in [2.45, 2.75) is 32.4 Å². The van der Waals surface area contributed by atoms with Crippen LogP contribution in [0.3, 0.4) is 0 Å². The van der Waals surface area contributed by atoms with Crippen molar-refractivity contribution < 1.29 is 0 Å². The molecular weight excluding hydrogens is 256 g/mol. The van der Waals surface area contributed by atoms with Crippen LogP contribution in [0.5, 0.6) is 0 Å². The van der Waals surface area contributed by atoms with E-state index in [2.05, 4.69) is 54.7 Å². The van der Waals surface area contributed by atoms with Gasteiger partial charge in [-0.25, -0.2) is 0 Å². The zero-order valence-corrected chi connectivity index (χ0v) is 13.8. The van der Waals surface area contributed by atoms with Gasteiger partial charge in [0.1, 0.15) is 0 Å². The SMILES string of the molecule is CCNC(=NCCN(C)CC)N1CCSC(CC)C1. The zero-order chi connectivity index (χ0) is 14.1. The second kappa shape index (κ2) is 9.48. The van der Waals surface area contributed by atoms with Crippen LogP contribution in [0.1, 0.15) is 27.2 Å². The van der Waals surface area contributed by atoms with E-state index in [1.54, 1.807) is 0 Å². The first-order chi connectivity index (χ1) is 9.21. The molecule has 19 heavy (non-hydrogen) atoms. The summed E-state index contributed by atoms with van der Waals surface area (Å²) in [6.07, 6.45) is 1.25. The lowest BCUT2D eigenvalue weighted by molar-refractivity contribution is 0.360. The Labute approximate surface area is 123 Å². The van der Waals surface area contributed by atoms with Crippen LogP contribution >= 0.6 is 11.8 Å². The molecule has 1 fully saturated rings. The van der Waals surface area contributed by atoms with E-state index in [0.29, 0.717) is 0 Å². The third-order valence-corrected chi connectivity index (χ3v) is 4.88. The highest BCUT2D eigenvalue weighted by Gasteiger charge is 2.21. The molecule has 1 aliphatic heterocycles. The molecule has 0 radical (unpaired) electrons. The number of likely N-dealkylation sites (N-methyl/N-ethyl adjacent to an activating group) is 1. The van der Waals surface area contributed by atoms with Gasteiger partial charge in [0.25, 0.3) is 0 Å². The summed E-state index contributed by atoms with van der Waals surface area (Å²) < 4.78 is 0. The Balaban J connectivity index is 2.52. The molecule has 1 N–H and O–H groups in total. The maximum atomic E-state index is 4.77. The molecule has 0 aromatic heterocycles. The van der Waals surface area contributed by atoms with E-state index in [4.69, 9.17) is 4.99 Å². The highest BCUT2D eigenvalue weighted by molar-refractivity contribution is 8.00. The highest BCUT2D eigenvalue weighted by Crippen LogP contribution is 2.20. The molecule has 0 aliphatic carbocycles. The van der Waals surface area contributed by atoms with E-state index < -0.39 is 0 Å². The van der Waals surface area contributed by atoms with Crippen molar-refractivity contribution in [3.05, 3.63) is 0 Å². The van der Waals surface area contributed by atoms with Crippen molar-refractivity contribution >= 4 is 17.7 Å². The predicted octanol–water partition coefficient (Wildman–Crippen LogP) is 1.73. The van der Waals surface area contributed by atoms with E-state index >= 15 is 0 Å². The lowest BCUT2D eigenvalue weighted by Gasteiger charge is -2.34. The third kappa shape index (κ3) is 6.04. The van der Waals surface area contributed by atoms with E-state index in [-0.39, 0.29) is 0 Å². The molecule has 1 saturated heterocycles. The van der Waals surface area contributed by atoms with Gasteiger partial charge in [0.2, 0.25) is 0 Å². The van der Waals surface area contributed by atoms with E-state index in [9.17, 15) is 0 Å². The maximum absolute atomic E-state index is 4.77. The average molecular weight is 286 g/mol. The fourth-order valence-electron chi connectivity index (χ4n) is 2.07. The van der Waals surface area contributed by atoms with Crippen molar-refractivity contribution in [2.75, 3.05) is 52.1 Å². The molecular formula is C14H30N4S. The molecule has 4 nitrogen and oxygen atoms in total. The molecule has 0 aromatic carbocycles. The number of rotatable bonds is 6. The van der Waals surface area contributed by atoms with Crippen LogP contribution in [0.25, 0.3) is 0 Å². The third-order valence-electron chi connectivity index (χ3n) is 3.51. The molecule has 0 bridgehead atoms. The van der Waals surface area contributed by atoms with Crippen LogP contribution in [0.15, 0.2) is 4.99 Å².